The third kappa shape index (κ3) is 1.84. The number of nitrogens with two attached hydrogens (primary N) is 1. The SMILES string of the molecule is Cc1sc(N)nc1C1CCCNC1. The average molecular weight is 197 g/mol. The molecule has 0 aromatic carbocycles. The van der Waals surface area contributed by atoms with Crippen molar-refractivity contribution in [2.45, 2.75) is 25.7 Å². The molecule has 0 spiro atoms. The molecule has 1 aliphatic heterocycles. The lowest BCUT2D eigenvalue weighted by Gasteiger charge is -2.21. The molecule has 2 heterocycles. The molecule has 1 saturated heterocycles. The first-order chi connectivity index (χ1) is 6.27. The molecule has 3 N–H and O–H groups in total. The first-order valence-electron chi connectivity index (χ1n) is 4.71. The Morgan fingerprint density at radius 3 is 3.00 bits per heavy atom. The van der Waals surface area contributed by atoms with Crippen molar-refractivity contribution in [1.29, 1.82) is 0 Å². The first kappa shape index (κ1) is 8.97. The van der Waals surface area contributed by atoms with E-state index in [1.807, 2.05) is 0 Å². The molecule has 13 heavy (non-hydrogen) atoms. The van der Waals surface area contributed by atoms with Gasteiger partial charge in [0, 0.05) is 17.3 Å². The quantitative estimate of drug-likeness (QED) is 0.717. The monoisotopic (exact) mass is 197 g/mol. The van der Waals surface area contributed by atoms with Crippen LogP contribution in [0.3, 0.4) is 0 Å². The smallest absolute Gasteiger partial charge is 0.180 e. The van der Waals surface area contributed by atoms with E-state index in [1.54, 1.807) is 11.3 Å². The van der Waals surface area contributed by atoms with Crippen LogP contribution >= 0.6 is 11.3 Å². The number of aromatic nitrogens is 1. The Kier molecular flexibility index (Phi) is 2.51. The van der Waals surface area contributed by atoms with Gasteiger partial charge in [-0.15, -0.1) is 11.3 Å². The van der Waals surface area contributed by atoms with E-state index < -0.39 is 0 Å². The predicted octanol–water partition coefficient (Wildman–Crippen LogP) is 1.50. The van der Waals surface area contributed by atoms with E-state index in [4.69, 9.17) is 5.73 Å². The molecule has 1 unspecified atom stereocenters. The largest absolute Gasteiger partial charge is 0.375 e. The Balaban J connectivity index is 2.18. The maximum Gasteiger partial charge on any atom is 0.180 e. The maximum atomic E-state index is 5.67. The zero-order valence-corrected chi connectivity index (χ0v) is 8.66. The van der Waals surface area contributed by atoms with Gasteiger partial charge in [0.15, 0.2) is 5.13 Å². The fourth-order valence-corrected chi connectivity index (χ4v) is 2.67. The molecule has 1 aliphatic rings. The highest BCUT2D eigenvalue weighted by molar-refractivity contribution is 7.15. The minimum atomic E-state index is 0.585. The lowest BCUT2D eigenvalue weighted by atomic mass is 9.96. The van der Waals surface area contributed by atoms with Crippen molar-refractivity contribution >= 4 is 16.5 Å². The van der Waals surface area contributed by atoms with Crippen molar-refractivity contribution in [3.8, 4) is 0 Å². The number of piperidine rings is 1. The van der Waals surface area contributed by atoms with E-state index in [0.717, 1.165) is 13.1 Å². The summed E-state index contributed by atoms with van der Waals surface area (Å²) in [4.78, 5) is 5.67. The van der Waals surface area contributed by atoms with Crippen LogP contribution in [0.15, 0.2) is 0 Å². The van der Waals surface area contributed by atoms with Gasteiger partial charge in [0.25, 0.3) is 0 Å². The summed E-state index contributed by atoms with van der Waals surface area (Å²) >= 11 is 1.60. The number of thiazole rings is 1. The van der Waals surface area contributed by atoms with Gasteiger partial charge in [0.05, 0.1) is 5.69 Å². The number of hydrogen-bond donors (Lipinski definition) is 2. The number of aryl methyl sites for hydroxylation is 1. The van der Waals surface area contributed by atoms with Gasteiger partial charge in [-0.3, -0.25) is 0 Å². The van der Waals surface area contributed by atoms with Crippen molar-refractivity contribution in [3.05, 3.63) is 10.6 Å². The summed E-state index contributed by atoms with van der Waals surface area (Å²) in [6.45, 7) is 4.32. The normalized spacial score (nSPS) is 23.3. The molecular formula is C9H15N3S. The van der Waals surface area contributed by atoms with Crippen LogP contribution in [0.2, 0.25) is 0 Å². The minimum absolute atomic E-state index is 0.585. The van der Waals surface area contributed by atoms with Crippen LogP contribution in [0.5, 0.6) is 0 Å². The highest BCUT2D eigenvalue weighted by Gasteiger charge is 2.19. The minimum Gasteiger partial charge on any atom is -0.375 e. The number of anilines is 1. The van der Waals surface area contributed by atoms with Crippen molar-refractivity contribution in [3.63, 3.8) is 0 Å². The standard InChI is InChI=1S/C9H15N3S/c1-6-8(12-9(10)13-6)7-3-2-4-11-5-7/h7,11H,2-5H2,1H3,(H2,10,12). The Morgan fingerprint density at radius 2 is 2.46 bits per heavy atom. The molecule has 0 bridgehead atoms. The van der Waals surface area contributed by atoms with Crippen LogP contribution in [0.1, 0.15) is 29.3 Å². The number of rotatable bonds is 1. The Hall–Kier alpha value is -0.610. The zero-order chi connectivity index (χ0) is 9.26. The van der Waals surface area contributed by atoms with E-state index in [0.29, 0.717) is 11.0 Å². The second kappa shape index (κ2) is 3.64. The van der Waals surface area contributed by atoms with Crippen LogP contribution < -0.4 is 11.1 Å². The molecule has 2 rings (SSSR count). The summed E-state index contributed by atoms with van der Waals surface area (Å²) in [6, 6.07) is 0. The van der Waals surface area contributed by atoms with Crippen molar-refractivity contribution in [2.75, 3.05) is 18.8 Å². The van der Waals surface area contributed by atoms with Gasteiger partial charge in [0.2, 0.25) is 0 Å². The maximum absolute atomic E-state index is 5.67. The average Bonchev–Trinajstić information content (AvgIpc) is 2.47. The molecule has 4 heteroatoms. The number of nitrogens with zero attached hydrogens (tertiary/aromatic N) is 1. The van der Waals surface area contributed by atoms with Gasteiger partial charge in [-0.25, -0.2) is 4.98 Å². The van der Waals surface area contributed by atoms with Crippen molar-refractivity contribution in [2.24, 2.45) is 0 Å². The summed E-state index contributed by atoms with van der Waals surface area (Å²) < 4.78 is 0. The van der Waals surface area contributed by atoms with Crippen LogP contribution in [0, 0.1) is 6.92 Å². The van der Waals surface area contributed by atoms with E-state index >= 15 is 0 Å². The fraction of sp³-hybridized carbons (Fsp3) is 0.667. The van der Waals surface area contributed by atoms with Crippen LogP contribution in [-0.4, -0.2) is 18.1 Å². The molecule has 1 aromatic rings. The van der Waals surface area contributed by atoms with Gasteiger partial charge >= 0.3 is 0 Å². The van der Waals surface area contributed by atoms with Crippen LogP contribution in [-0.2, 0) is 0 Å². The summed E-state index contributed by atoms with van der Waals surface area (Å²) in [5.74, 6) is 0.585. The van der Waals surface area contributed by atoms with E-state index in [2.05, 4.69) is 17.2 Å². The van der Waals surface area contributed by atoms with E-state index in [-0.39, 0.29) is 0 Å². The van der Waals surface area contributed by atoms with Gasteiger partial charge < -0.3 is 11.1 Å². The Bertz CT molecular complexity index is 289. The molecule has 0 aliphatic carbocycles. The van der Waals surface area contributed by atoms with Crippen LogP contribution in [0.25, 0.3) is 0 Å². The summed E-state index contributed by atoms with van der Waals surface area (Å²) in [7, 11) is 0. The number of hydrogen-bond acceptors (Lipinski definition) is 4. The summed E-state index contributed by atoms with van der Waals surface area (Å²) in [6.07, 6.45) is 2.50. The molecule has 1 atom stereocenters. The first-order valence-corrected chi connectivity index (χ1v) is 5.52. The van der Waals surface area contributed by atoms with Crippen molar-refractivity contribution < 1.29 is 0 Å². The molecule has 1 fully saturated rings. The summed E-state index contributed by atoms with van der Waals surface area (Å²) in [5, 5.41) is 4.10. The molecular weight excluding hydrogens is 182 g/mol. The fourth-order valence-electron chi connectivity index (χ4n) is 1.89. The lowest BCUT2D eigenvalue weighted by molar-refractivity contribution is 0.455. The molecule has 0 saturated carbocycles. The molecule has 1 aromatic heterocycles. The second-order valence-electron chi connectivity index (χ2n) is 3.54. The number of nitrogens with one attached hydrogen (secondary N) is 1. The number of nitrogen functional groups attached to an aromatic ring is 1. The van der Waals surface area contributed by atoms with Gasteiger partial charge in [0.1, 0.15) is 0 Å². The Labute approximate surface area is 82.4 Å². The van der Waals surface area contributed by atoms with Crippen LogP contribution in [0.4, 0.5) is 5.13 Å². The van der Waals surface area contributed by atoms with E-state index in [1.165, 1.54) is 23.4 Å². The van der Waals surface area contributed by atoms with Gasteiger partial charge in [-0.05, 0) is 26.3 Å². The molecule has 0 amide bonds. The molecule has 3 nitrogen and oxygen atoms in total. The molecule has 0 radical (unpaired) electrons. The zero-order valence-electron chi connectivity index (χ0n) is 7.84. The topological polar surface area (TPSA) is 50.9 Å². The Morgan fingerprint density at radius 1 is 1.62 bits per heavy atom. The lowest BCUT2D eigenvalue weighted by Crippen LogP contribution is -2.28. The third-order valence-electron chi connectivity index (χ3n) is 2.53. The van der Waals surface area contributed by atoms with Gasteiger partial charge in [-0.2, -0.15) is 0 Å². The highest BCUT2D eigenvalue weighted by Crippen LogP contribution is 2.29. The predicted molar refractivity (Wildman–Crippen MR) is 56.1 cm³/mol. The van der Waals surface area contributed by atoms with E-state index in [9.17, 15) is 0 Å². The second-order valence-corrected chi connectivity index (χ2v) is 4.77. The molecule has 72 valence electrons. The third-order valence-corrected chi connectivity index (χ3v) is 3.35. The van der Waals surface area contributed by atoms with Crippen molar-refractivity contribution in [1.82, 2.24) is 10.3 Å². The highest BCUT2D eigenvalue weighted by atomic mass is 32.1. The van der Waals surface area contributed by atoms with Gasteiger partial charge in [-0.1, -0.05) is 0 Å². The summed E-state index contributed by atoms with van der Waals surface area (Å²) in [5.41, 5.74) is 6.89.